The summed E-state index contributed by atoms with van der Waals surface area (Å²) in [5.74, 6) is 0.155. The average Bonchev–Trinajstić information content (AvgIpc) is 2.12. The standard InChI is InChI=1S/C7H8O4S/c1-12(8,9)11-7-4-2-3-5-10-6-7/h2-6H,1H3. The van der Waals surface area contributed by atoms with Gasteiger partial charge in [0.25, 0.3) is 0 Å². The summed E-state index contributed by atoms with van der Waals surface area (Å²) >= 11 is 0. The predicted molar refractivity (Wildman–Crippen MR) is 43.4 cm³/mol. The van der Waals surface area contributed by atoms with Crippen molar-refractivity contribution in [1.82, 2.24) is 0 Å². The van der Waals surface area contributed by atoms with Crippen molar-refractivity contribution in [1.29, 1.82) is 0 Å². The first-order valence-corrected chi connectivity index (χ1v) is 4.98. The summed E-state index contributed by atoms with van der Waals surface area (Å²) in [6, 6.07) is 0. The first-order valence-electron chi connectivity index (χ1n) is 3.16. The number of ether oxygens (including phenoxy) is 1. The van der Waals surface area contributed by atoms with Crippen LogP contribution in [0.1, 0.15) is 0 Å². The Labute approximate surface area is 70.9 Å². The van der Waals surface area contributed by atoms with Crippen molar-refractivity contribution in [3.63, 3.8) is 0 Å². The zero-order valence-corrected chi connectivity index (χ0v) is 7.24. The second-order valence-electron chi connectivity index (χ2n) is 2.13. The maximum Gasteiger partial charge on any atom is 0.306 e. The molecule has 0 fully saturated rings. The molecule has 66 valence electrons. The van der Waals surface area contributed by atoms with Crippen LogP contribution >= 0.6 is 0 Å². The molecule has 0 saturated carbocycles. The van der Waals surface area contributed by atoms with Crippen LogP contribution in [0, 0.1) is 0 Å². The molecule has 0 saturated heterocycles. The molecular weight excluding hydrogens is 180 g/mol. The summed E-state index contributed by atoms with van der Waals surface area (Å²) in [6.07, 6.45) is 8.32. The van der Waals surface area contributed by atoms with Crippen molar-refractivity contribution in [2.75, 3.05) is 6.26 Å². The zero-order chi connectivity index (χ0) is 9.03. The quantitative estimate of drug-likeness (QED) is 0.604. The summed E-state index contributed by atoms with van der Waals surface area (Å²) in [7, 11) is -3.47. The van der Waals surface area contributed by atoms with Gasteiger partial charge < -0.3 is 8.92 Å². The molecule has 0 aromatic rings. The molecule has 12 heavy (non-hydrogen) atoms. The summed E-state index contributed by atoms with van der Waals surface area (Å²) < 4.78 is 30.6. The van der Waals surface area contributed by atoms with Gasteiger partial charge in [0.1, 0.15) is 6.26 Å². The fraction of sp³-hybridized carbons (Fsp3) is 0.143. The first-order chi connectivity index (χ1) is 5.58. The zero-order valence-electron chi connectivity index (χ0n) is 6.43. The molecule has 1 rings (SSSR count). The Morgan fingerprint density at radius 2 is 2.17 bits per heavy atom. The van der Waals surface area contributed by atoms with Gasteiger partial charge in [-0.05, 0) is 12.2 Å². The van der Waals surface area contributed by atoms with E-state index in [0.717, 1.165) is 6.26 Å². The Kier molecular flexibility index (Phi) is 2.54. The van der Waals surface area contributed by atoms with Gasteiger partial charge in [0, 0.05) is 0 Å². The van der Waals surface area contributed by atoms with Crippen LogP contribution < -0.4 is 0 Å². The van der Waals surface area contributed by atoms with E-state index >= 15 is 0 Å². The van der Waals surface area contributed by atoms with Gasteiger partial charge in [-0.1, -0.05) is 6.08 Å². The molecule has 0 bridgehead atoms. The highest BCUT2D eigenvalue weighted by atomic mass is 32.2. The number of allylic oxidation sites excluding steroid dienone is 3. The van der Waals surface area contributed by atoms with Gasteiger partial charge in [0.15, 0.2) is 5.76 Å². The fourth-order valence-corrected chi connectivity index (χ4v) is 1.05. The Morgan fingerprint density at radius 3 is 2.83 bits per heavy atom. The van der Waals surface area contributed by atoms with Crippen LogP contribution in [0.3, 0.4) is 0 Å². The van der Waals surface area contributed by atoms with Crippen molar-refractivity contribution in [3.05, 3.63) is 36.5 Å². The molecule has 5 heteroatoms. The van der Waals surface area contributed by atoms with Crippen molar-refractivity contribution in [2.24, 2.45) is 0 Å². The lowest BCUT2D eigenvalue weighted by atomic mass is 10.4. The molecular formula is C7H8O4S. The van der Waals surface area contributed by atoms with E-state index in [9.17, 15) is 8.42 Å². The van der Waals surface area contributed by atoms with Crippen molar-refractivity contribution in [2.45, 2.75) is 0 Å². The topological polar surface area (TPSA) is 52.6 Å². The Morgan fingerprint density at radius 1 is 1.42 bits per heavy atom. The van der Waals surface area contributed by atoms with E-state index in [0.29, 0.717) is 0 Å². The van der Waals surface area contributed by atoms with E-state index < -0.39 is 10.1 Å². The van der Waals surface area contributed by atoms with E-state index in [1.807, 2.05) is 0 Å². The molecule has 1 aliphatic heterocycles. The minimum atomic E-state index is -3.47. The van der Waals surface area contributed by atoms with Crippen LogP contribution in [-0.4, -0.2) is 14.7 Å². The molecule has 0 unspecified atom stereocenters. The Bertz CT molecular complexity index is 334. The molecule has 0 radical (unpaired) electrons. The Balaban J connectivity index is 2.71. The van der Waals surface area contributed by atoms with E-state index in [2.05, 4.69) is 4.18 Å². The van der Waals surface area contributed by atoms with Crippen molar-refractivity contribution >= 4 is 10.1 Å². The van der Waals surface area contributed by atoms with E-state index in [1.54, 1.807) is 12.2 Å². The smallest absolute Gasteiger partial charge is 0.306 e. The normalized spacial score (nSPS) is 16.2. The van der Waals surface area contributed by atoms with Crippen molar-refractivity contribution in [3.8, 4) is 0 Å². The van der Waals surface area contributed by atoms with Crippen LogP contribution in [0.15, 0.2) is 36.5 Å². The first kappa shape index (κ1) is 8.86. The number of rotatable bonds is 2. The highest BCUT2D eigenvalue weighted by molar-refractivity contribution is 7.86. The maximum absolute atomic E-state index is 10.6. The second-order valence-corrected chi connectivity index (χ2v) is 3.71. The molecule has 0 aromatic carbocycles. The molecule has 0 spiro atoms. The van der Waals surface area contributed by atoms with Gasteiger partial charge in [0.2, 0.25) is 0 Å². The molecule has 0 amide bonds. The second kappa shape index (κ2) is 3.44. The molecule has 0 atom stereocenters. The summed E-state index contributed by atoms with van der Waals surface area (Å²) in [6.45, 7) is 0. The lowest BCUT2D eigenvalue weighted by Crippen LogP contribution is -2.01. The minimum Gasteiger partial charge on any atom is -0.469 e. The third-order valence-electron chi connectivity index (χ3n) is 0.961. The lowest BCUT2D eigenvalue weighted by molar-refractivity contribution is 0.357. The predicted octanol–water partition coefficient (Wildman–Crippen LogP) is 0.904. The van der Waals surface area contributed by atoms with Gasteiger partial charge in [0.05, 0.1) is 12.5 Å². The van der Waals surface area contributed by atoms with Crippen LogP contribution in [0.2, 0.25) is 0 Å². The summed E-state index contributed by atoms with van der Waals surface area (Å²) in [5, 5.41) is 0. The van der Waals surface area contributed by atoms with Crippen molar-refractivity contribution < 1.29 is 17.3 Å². The lowest BCUT2D eigenvalue weighted by Gasteiger charge is -2.00. The van der Waals surface area contributed by atoms with E-state index in [4.69, 9.17) is 4.74 Å². The van der Waals surface area contributed by atoms with Crippen LogP contribution in [0.25, 0.3) is 0 Å². The van der Waals surface area contributed by atoms with E-state index in [1.165, 1.54) is 18.6 Å². The van der Waals surface area contributed by atoms with Gasteiger partial charge in [-0.2, -0.15) is 8.42 Å². The summed E-state index contributed by atoms with van der Waals surface area (Å²) in [5.41, 5.74) is 0. The molecule has 0 N–H and O–H groups in total. The third kappa shape index (κ3) is 3.25. The van der Waals surface area contributed by atoms with Crippen LogP contribution in [0.5, 0.6) is 0 Å². The largest absolute Gasteiger partial charge is 0.469 e. The van der Waals surface area contributed by atoms with Crippen LogP contribution in [0.4, 0.5) is 0 Å². The average molecular weight is 188 g/mol. The van der Waals surface area contributed by atoms with Gasteiger partial charge in [-0.15, -0.1) is 0 Å². The fourth-order valence-electron chi connectivity index (χ4n) is 0.609. The highest BCUT2D eigenvalue weighted by Crippen LogP contribution is 2.07. The van der Waals surface area contributed by atoms with Gasteiger partial charge in [-0.25, -0.2) is 0 Å². The van der Waals surface area contributed by atoms with Gasteiger partial charge >= 0.3 is 10.1 Å². The monoisotopic (exact) mass is 188 g/mol. The molecule has 4 nitrogen and oxygen atoms in total. The highest BCUT2D eigenvalue weighted by Gasteiger charge is 2.04. The molecule has 0 aliphatic carbocycles. The number of hydrogen-bond acceptors (Lipinski definition) is 4. The summed E-state index contributed by atoms with van der Waals surface area (Å²) in [4.78, 5) is 0. The SMILES string of the molecule is CS(=O)(=O)OC1=COC=CC=C1. The third-order valence-corrected chi connectivity index (χ3v) is 1.46. The molecule has 1 heterocycles. The van der Waals surface area contributed by atoms with Gasteiger partial charge in [-0.3, -0.25) is 0 Å². The minimum absolute atomic E-state index is 0.155. The maximum atomic E-state index is 10.6. The van der Waals surface area contributed by atoms with E-state index in [-0.39, 0.29) is 5.76 Å². The van der Waals surface area contributed by atoms with Crippen LogP contribution in [-0.2, 0) is 19.0 Å². The number of hydrogen-bond donors (Lipinski definition) is 0. The molecule has 1 aliphatic rings. The molecule has 0 aromatic heterocycles. The Hall–Kier alpha value is -1.23.